The quantitative estimate of drug-likeness (QED) is 0.386. The highest BCUT2D eigenvalue weighted by Gasteiger charge is 2.05. The summed E-state index contributed by atoms with van der Waals surface area (Å²) in [5, 5.41) is 11.5. The molecular weight excluding hydrogens is 247 g/mol. The molecule has 0 amide bonds. The van der Waals surface area contributed by atoms with Crippen LogP contribution in [0, 0.1) is 12.7 Å². The molecule has 0 spiro atoms. The van der Waals surface area contributed by atoms with E-state index in [4.69, 9.17) is 15.7 Å². The zero-order valence-corrected chi connectivity index (χ0v) is 10.3. The van der Waals surface area contributed by atoms with Crippen molar-refractivity contribution in [2.75, 3.05) is 0 Å². The van der Waals surface area contributed by atoms with E-state index in [-0.39, 0.29) is 11.7 Å². The van der Waals surface area contributed by atoms with Gasteiger partial charge in [0.15, 0.2) is 5.84 Å². The highest BCUT2D eigenvalue weighted by molar-refractivity contribution is 5.97. The molecule has 0 radical (unpaired) electrons. The molecule has 0 fully saturated rings. The molecular formula is C14H13FN2O2. The van der Waals surface area contributed by atoms with Gasteiger partial charge < -0.3 is 15.7 Å². The number of nitrogens with zero attached hydrogens (tertiary/aromatic N) is 1. The van der Waals surface area contributed by atoms with Gasteiger partial charge >= 0.3 is 0 Å². The van der Waals surface area contributed by atoms with Crippen molar-refractivity contribution in [1.82, 2.24) is 0 Å². The summed E-state index contributed by atoms with van der Waals surface area (Å²) in [4.78, 5) is 0. The minimum Gasteiger partial charge on any atom is -0.457 e. The summed E-state index contributed by atoms with van der Waals surface area (Å²) in [5.41, 5.74) is 6.93. The summed E-state index contributed by atoms with van der Waals surface area (Å²) in [5.74, 6) is 0.893. The molecule has 3 N–H and O–H groups in total. The lowest BCUT2D eigenvalue weighted by atomic mass is 10.1. The third kappa shape index (κ3) is 3.01. The molecule has 0 heterocycles. The topological polar surface area (TPSA) is 67.8 Å². The fourth-order valence-corrected chi connectivity index (χ4v) is 1.61. The molecule has 0 atom stereocenters. The van der Waals surface area contributed by atoms with E-state index >= 15 is 0 Å². The molecule has 0 aromatic heterocycles. The highest BCUT2D eigenvalue weighted by atomic mass is 19.1. The Kier molecular flexibility index (Phi) is 3.66. The van der Waals surface area contributed by atoms with Crippen LogP contribution in [0.5, 0.6) is 11.5 Å². The van der Waals surface area contributed by atoms with E-state index in [2.05, 4.69) is 5.16 Å². The second-order valence-corrected chi connectivity index (χ2v) is 4.02. The second-order valence-electron chi connectivity index (χ2n) is 4.02. The van der Waals surface area contributed by atoms with Crippen LogP contribution in [-0.4, -0.2) is 11.0 Å². The fourth-order valence-electron chi connectivity index (χ4n) is 1.61. The van der Waals surface area contributed by atoms with Crippen LogP contribution >= 0.6 is 0 Å². The summed E-state index contributed by atoms with van der Waals surface area (Å²) >= 11 is 0. The van der Waals surface area contributed by atoms with Gasteiger partial charge in [-0.1, -0.05) is 5.16 Å². The Hall–Kier alpha value is -2.56. The zero-order valence-electron chi connectivity index (χ0n) is 10.3. The smallest absolute Gasteiger partial charge is 0.170 e. The van der Waals surface area contributed by atoms with Crippen LogP contribution in [0.25, 0.3) is 0 Å². The average molecular weight is 260 g/mol. The van der Waals surface area contributed by atoms with Crippen molar-refractivity contribution in [3.63, 3.8) is 0 Å². The van der Waals surface area contributed by atoms with Crippen LogP contribution in [0.1, 0.15) is 11.1 Å². The summed E-state index contributed by atoms with van der Waals surface area (Å²) in [6.07, 6.45) is 0. The third-order valence-electron chi connectivity index (χ3n) is 2.62. The van der Waals surface area contributed by atoms with Gasteiger partial charge in [0.25, 0.3) is 0 Å². The van der Waals surface area contributed by atoms with Gasteiger partial charge in [-0.2, -0.15) is 0 Å². The van der Waals surface area contributed by atoms with E-state index in [1.54, 1.807) is 30.3 Å². The predicted octanol–water partition coefficient (Wildman–Crippen LogP) is 3.02. The van der Waals surface area contributed by atoms with Crippen molar-refractivity contribution in [3.05, 3.63) is 59.4 Å². The third-order valence-corrected chi connectivity index (χ3v) is 2.62. The van der Waals surface area contributed by atoms with Gasteiger partial charge in [0.1, 0.15) is 17.3 Å². The van der Waals surface area contributed by atoms with Gasteiger partial charge in [0.2, 0.25) is 0 Å². The van der Waals surface area contributed by atoms with Gasteiger partial charge in [-0.05, 0) is 55.0 Å². The maximum Gasteiger partial charge on any atom is 0.170 e. The van der Waals surface area contributed by atoms with Crippen LogP contribution in [0.15, 0.2) is 47.6 Å². The van der Waals surface area contributed by atoms with E-state index in [0.29, 0.717) is 17.1 Å². The molecule has 4 nitrogen and oxygen atoms in total. The van der Waals surface area contributed by atoms with E-state index in [1.807, 2.05) is 6.92 Å². The van der Waals surface area contributed by atoms with Crippen molar-refractivity contribution in [2.45, 2.75) is 6.92 Å². The first kappa shape index (κ1) is 12.9. The molecule has 0 saturated heterocycles. The SMILES string of the molecule is Cc1cc(/C(N)=N/O)ccc1Oc1ccc(F)cc1. The molecule has 0 aliphatic heterocycles. The Balaban J connectivity index is 2.24. The molecule has 0 aliphatic carbocycles. The highest BCUT2D eigenvalue weighted by Crippen LogP contribution is 2.25. The maximum absolute atomic E-state index is 12.8. The fraction of sp³-hybridized carbons (Fsp3) is 0.0714. The number of oxime groups is 1. The molecule has 0 bridgehead atoms. The Morgan fingerprint density at radius 1 is 1.21 bits per heavy atom. The van der Waals surface area contributed by atoms with Crippen molar-refractivity contribution in [2.24, 2.45) is 10.9 Å². The Bertz CT molecular complexity index is 609. The van der Waals surface area contributed by atoms with Crippen molar-refractivity contribution >= 4 is 5.84 Å². The largest absolute Gasteiger partial charge is 0.457 e. The van der Waals surface area contributed by atoms with Crippen molar-refractivity contribution < 1.29 is 14.3 Å². The number of amidine groups is 1. The minimum absolute atomic E-state index is 0.0384. The number of nitrogens with two attached hydrogens (primary N) is 1. The van der Waals surface area contributed by atoms with Gasteiger partial charge in [0.05, 0.1) is 0 Å². The van der Waals surface area contributed by atoms with E-state index in [1.165, 1.54) is 12.1 Å². The number of hydrogen-bond donors (Lipinski definition) is 2. The van der Waals surface area contributed by atoms with Crippen LogP contribution < -0.4 is 10.5 Å². The Morgan fingerprint density at radius 2 is 1.89 bits per heavy atom. The number of benzene rings is 2. The van der Waals surface area contributed by atoms with Crippen molar-refractivity contribution in [3.8, 4) is 11.5 Å². The number of aryl methyl sites for hydroxylation is 1. The lowest BCUT2D eigenvalue weighted by Gasteiger charge is -2.10. The maximum atomic E-state index is 12.8. The predicted molar refractivity (Wildman–Crippen MR) is 70.2 cm³/mol. The molecule has 2 aromatic rings. The molecule has 0 saturated carbocycles. The normalized spacial score (nSPS) is 11.4. The van der Waals surface area contributed by atoms with Crippen LogP contribution in [0.3, 0.4) is 0 Å². The van der Waals surface area contributed by atoms with Gasteiger partial charge in [-0.3, -0.25) is 0 Å². The lowest BCUT2D eigenvalue weighted by Crippen LogP contribution is -2.13. The Labute approximate surface area is 109 Å². The van der Waals surface area contributed by atoms with E-state index in [9.17, 15) is 4.39 Å². The first-order valence-electron chi connectivity index (χ1n) is 5.62. The first-order valence-corrected chi connectivity index (χ1v) is 5.62. The van der Waals surface area contributed by atoms with Gasteiger partial charge in [-0.25, -0.2) is 4.39 Å². The summed E-state index contributed by atoms with van der Waals surface area (Å²) in [6.45, 7) is 1.84. The average Bonchev–Trinajstić information content (AvgIpc) is 2.42. The monoisotopic (exact) mass is 260 g/mol. The Morgan fingerprint density at radius 3 is 2.47 bits per heavy atom. The van der Waals surface area contributed by atoms with Gasteiger partial charge in [-0.15, -0.1) is 0 Å². The molecule has 98 valence electrons. The van der Waals surface area contributed by atoms with Gasteiger partial charge in [0, 0.05) is 5.56 Å². The van der Waals surface area contributed by atoms with E-state index in [0.717, 1.165) is 5.56 Å². The molecule has 2 rings (SSSR count). The summed E-state index contributed by atoms with van der Waals surface area (Å²) in [7, 11) is 0. The minimum atomic E-state index is -0.314. The molecule has 2 aromatic carbocycles. The summed E-state index contributed by atoms with van der Waals surface area (Å²) in [6, 6.07) is 10.9. The van der Waals surface area contributed by atoms with Crippen molar-refractivity contribution in [1.29, 1.82) is 0 Å². The first-order chi connectivity index (χ1) is 9.10. The number of hydrogen-bond acceptors (Lipinski definition) is 3. The number of ether oxygens (including phenoxy) is 1. The standard InChI is InChI=1S/C14H13FN2O2/c1-9-8-10(14(16)17-18)2-7-13(9)19-12-5-3-11(15)4-6-12/h2-8,18H,1H3,(H2,16,17). The number of halogens is 1. The van der Waals surface area contributed by atoms with E-state index < -0.39 is 0 Å². The molecule has 19 heavy (non-hydrogen) atoms. The second kappa shape index (κ2) is 5.39. The molecule has 0 unspecified atom stereocenters. The molecule has 0 aliphatic rings. The summed E-state index contributed by atoms with van der Waals surface area (Å²) < 4.78 is 18.4. The van der Waals surface area contributed by atoms with Crippen LogP contribution in [0.2, 0.25) is 0 Å². The zero-order chi connectivity index (χ0) is 13.8. The molecule has 5 heteroatoms. The lowest BCUT2D eigenvalue weighted by molar-refractivity contribution is 0.318. The van der Waals surface area contributed by atoms with Crippen LogP contribution in [-0.2, 0) is 0 Å². The number of rotatable bonds is 3. The van der Waals surface area contributed by atoms with Crippen LogP contribution in [0.4, 0.5) is 4.39 Å².